The van der Waals surface area contributed by atoms with Crippen LogP contribution in [0.25, 0.3) is 0 Å². The first-order valence-electron chi connectivity index (χ1n) is 6.35. The van der Waals surface area contributed by atoms with Gasteiger partial charge in [-0.2, -0.15) is 0 Å². The second kappa shape index (κ2) is 5.75. The van der Waals surface area contributed by atoms with E-state index in [4.69, 9.17) is 4.42 Å². The summed E-state index contributed by atoms with van der Waals surface area (Å²) < 4.78 is 30.2. The molecule has 0 N–H and O–H groups in total. The van der Waals surface area contributed by atoms with Crippen molar-refractivity contribution in [2.45, 2.75) is 13.3 Å². The Kier molecular flexibility index (Phi) is 4.26. The summed E-state index contributed by atoms with van der Waals surface area (Å²) in [6, 6.07) is 3.28. The number of nitrogens with zero attached hydrogens (tertiary/aromatic N) is 2. The van der Waals surface area contributed by atoms with Crippen molar-refractivity contribution in [1.29, 1.82) is 0 Å². The van der Waals surface area contributed by atoms with Gasteiger partial charge in [-0.05, 0) is 25.5 Å². The van der Waals surface area contributed by atoms with Crippen molar-refractivity contribution in [2.24, 2.45) is 0 Å². The van der Waals surface area contributed by atoms with Crippen molar-refractivity contribution in [3.05, 3.63) is 24.2 Å². The Bertz CT molecular complexity index is 524. The van der Waals surface area contributed by atoms with Gasteiger partial charge in [0.05, 0.1) is 12.0 Å². The quantitative estimate of drug-likeness (QED) is 0.823. The maximum absolute atomic E-state index is 12.1. The molecule has 1 fully saturated rings. The highest BCUT2D eigenvalue weighted by Gasteiger charge is 2.26. The van der Waals surface area contributed by atoms with Crippen LogP contribution >= 0.6 is 0 Å². The maximum Gasteiger partial charge on any atom is 0.289 e. The first-order valence-corrected chi connectivity index (χ1v) is 7.96. The van der Waals surface area contributed by atoms with Gasteiger partial charge in [0.1, 0.15) is 0 Å². The normalized spacial score (nSPS) is 18.3. The van der Waals surface area contributed by atoms with Gasteiger partial charge in [0.25, 0.3) is 5.91 Å². The van der Waals surface area contributed by atoms with Crippen LogP contribution in [0.5, 0.6) is 0 Å². The predicted molar refractivity (Wildman–Crippen MR) is 70.3 cm³/mol. The van der Waals surface area contributed by atoms with E-state index in [0.717, 1.165) is 0 Å². The maximum atomic E-state index is 12.1. The molecular formula is C12H18N2O4S. The van der Waals surface area contributed by atoms with E-state index in [1.807, 2.05) is 0 Å². The molecule has 2 heterocycles. The Balaban J connectivity index is 2.03. The molecule has 1 aromatic heterocycles. The van der Waals surface area contributed by atoms with E-state index in [1.54, 1.807) is 24.0 Å². The molecule has 0 saturated carbocycles. The summed E-state index contributed by atoms with van der Waals surface area (Å²) in [5, 5.41) is 0. The summed E-state index contributed by atoms with van der Waals surface area (Å²) in [4.78, 5) is 13.7. The molecule has 0 spiro atoms. The Morgan fingerprint density at radius 2 is 2.11 bits per heavy atom. The summed E-state index contributed by atoms with van der Waals surface area (Å²) in [5.41, 5.74) is 0. The third-order valence-electron chi connectivity index (χ3n) is 3.23. The van der Waals surface area contributed by atoms with Gasteiger partial charge >= 0.3 is 0 Å². The fourth-order valence-electron chi connectivity index (χ4n) is 2.11. The van der Waals surface area contributed by atoms with Gasteiger partial charge in [-0.1, -0.05) is 0 Å². The van der Waals surface area contributed by atoms with Gasteiger partial charge in [-0.3, -0.25) is 4.79 Å². The number of furan rings is 1. The fraction of sp³-hybridized carbons (Fsp3) is 0.583. The monoisotopic (exact) mass is 286 g/mol. The lowest BCUT2D eigenvalue weighted by Crippen LogP contribution is -2.37. The molecule has 0 aliphatic carbocycles. The number of hydrogen-bond acceptors (Lipinski definition) is 4. The highest BCUT2D eigenvalue weighted by Crippen LogP contribution is 2.12. The van der Waals surface area contributed by atoms with E-state index >= 15 is 0 Å². The zero-order chi connectivity index (χ0) is 13.9. The van der Waals surface area contributed by atoms with Crippen LogP contribution in [0.1, 0.15) is 23.9 Å². The number of carbonyl (C=O) groups is 1. The summed E-state index contributed by atoms with van der Waals surface area (Å²) in [6.45, 7) is 3.40. The van der Waals surface area contributed by atoms with Crippen LogP contribution in [0.3, 0.4) is 0 Å². The first-order chi connectivity index (χ1) is 9.04. The Morgan fingerprint density at radius 3 is 2.74 bits per heavy atom. The van der Waals surface area contributed by atoms with E-state index in [-0.39, 0.29) is 11.7 Å². The van der Waals surface area contributed by atoms with Crippen LogP contribution in [0, 0.1) is 0 Å². The van der Waals surface area contributed by atoms with Crippen molar-refractivity contribution >= 4 is 15.9 Å². The lowest BCUT2D eigenvalue weighted by Gasteiger charge is -2.20. The number of sulfonamides is 1. The fourth-order valence-corrected chi connectivity index (χ4v) is 3.25. The van der Waals surface area contributed by atoms with Crippen molar-refractivity contribution in [1.82, 2.24) is 9.21 Å². The van der Waals surface area contributed by atoms with Crippen LogP contribution in [0.4, 0.5) is 0 Å². The highest BCUT2D eigenvalue weighted by molar-refractivity contribution is 7.89. The summed E-state index contributed by atoms with van der Waals surface area (Å²) in [5.74, 6) is 0.214. The summed E-state index contributed by atoms with van der Waals surface area (Å²) in [6.07, 6.45) is 2.10. The predicted octanol–water partition coefficient (Wildman–Crippen LogP) is 0.777. The van der Waals surface area contributed by atoms with E-state index in [0.29, 0.717) is 38.4 Å². The van der Waals surface area contributed by atoms with Gasteiger partial charge in [0.15, 0.2) is 5.76 Å². The molecule has 7 heteroatoms. The second-order valence-electron chi connectivity index (χ2n) is 4.42. The number of amides is 1. The van der Waals surface area contributed by atoms with Crippen LogP contribution < -0.4 is 0 Å². The third-order valence-corrected chi connectivity index (χ3v) is 5.11. The molecule has 106 valence electrons. The average molecular weight is 286 g/mol. The molecule has 2 rings (SSSR count). The summed E-state index contributed by atoms with van der Waals surface area (Å²) in [7, 11) is -3.18. The van der Waals surface area contributed by atoms with Gasteiger partial charge in [-0.25, -0.2) is 12.7 Å². The van der Waals surface area contributed by atoms with Crippen LogP contribution in [-0.2, 0) is 10.0 Å². The number of hydrogen-bond donors (Lipinski definition) is 0. The lowest BCUT2D eigenvalue weighted by atomic mass is 10.3. The zero-order valence-electron chi connectivity index (χ0n) is 10.9. The molecule has 0 atom stereocenters. The van der Waals surface area contributed by atoms with Crippen molar-refractivity contribution in [3.63, 3.8) is 0 Å². The number of rotatable bonds is 3. The second-order valence-corrected chi connectivity index (χ2v) is 6.68. The smallest absolute Gasteiger partial charge is 0.289 e. The van der Waals surface area contributed by atoms with E-state index in [9.17, 15) is 13.2 Å². The van der Waals surface area contributed by atoms with Crippen LogP contribution in [-0.4, -0.2) is 55.5 Å². The minimum Gasteiger partial charge on any atom is -0.459 e. The van der Waals surface area contributed by atoms with Crippen LogP contribution in [0.2, 0.25) is 0 Å². The molecule has 1 amide bonds. The Morgan fingerprint density at radius 1 is 1.32 bits per heavy atom. The standard InChI is InChI=1S/C12H18N2O4S/c1-2-19(16,17)14-7-4-6-13(8-9-14)12(15)11-5-3-10-18-11/h3,5,10H,2,4,6-9H2,1H3. The first kappa shape index (κ1) is 14.1. The van der Waals surface area contributed by atoms with E-state index in [2.05, 4.69) is 0 Å². The average Bonchev–Trinajstić information content (AvgIpc) is 2.81. The minimum atomic E-state index is -3.18. The van der Waals surface area contributed by atoms with Gasteiger partial charge in [0, 0.05) is 26.2 Å². The van der Waals surface area contributed by atoms with Gasteiger partial charge in [0.2, 0.25) is 10.0 Å². The zero-order valence-corrected chi connectivity index (χ0v) is 11.7. The largest absolute Gasteiger partial charge is 0.459 e. The molecule has 1 saturated heterocycles. The summed E-state index contributed by atoms with van der Waals surface area (Å²) >= 11 is 0. The third kappa shape index (κ3) is 3.16. The molecule has 1 aromatic rings. The van der Waals surface area contributed by atoms with Gasteiger partial charge < -0.3 is 9.32 Å². The molecule has 0 aromatic carbocycles. The molecular weight excluding hydrogens is 268 g/mol. The molecule has 1 aliphatic rings. The van der Waals surface area contributed by atoms with Gasteiger partial charge in [-0.15, -0.1) is 0 Å². The van der Waals surface area contributed by atoms with Crippen molar-refractivity contribution in [2.75, 3.05) is 31.9 Å². The van der Waals surface area contributed by atoms with Crippen LogP contribution in [0.15, 0.2) is 22.8 Å². The van der Waals surface area contributed by atoms with Crippen molar-refractivity contribution in [3.8, 4) is 0 Å². The molecule has 19 heavy (non-hydrogen) atoms. The van der Waals surface area contributed by atoms with Crippen molar-refractivity contribution < 1.29 is 17.6 Å². The van der Waals surface area contributed by atoms with E-state index < -0.39 is 10.0 Å². The number of carbonyl (C=O) groups excluding carboxylic acids is 1. The molecule has 0 radical (unpaired) electrons. The lowest BCUT2D eigenvalue weighted by molar-refractivity contribution is 0.0732. The molecule has 0 bridgehead atoms. The Labute approximate surface area is 113 Å². The molecule has 0 unspecified atom stereocenters. The minimum absolute atomic E-state index is 0.0964. The molecule has 1 aliphatic heterocycles. The SMILES string of the molecule is CCS(=O)(=O)N1CCCN(C(=O)c2ccco2)CC1. The van der Waals surface area contributed by atoms with E-state index in [1.165, 1.54) is 10.6 Å². The topological polar surface area (TPSA) is 70.8 Å². The molecule has 6 nitrogen and oxygen atoms in total. The highest BCUT2D eigenvalue weighted by atomic mass is 32.2. The Hall–Kier alpha value is -1.34.